The summed E-state index contributed by atoms with van der Waals surface area (Å²) in [7, 11) is 0. The molecule has 0 atom stereocenters. The average molecular weight is 177 g/mol. The zero-order valence-electron chi connectivity index (χ0n) is 8.42. The maximum absolute atomic E-state index is 5.64. The molecule has 1 aromatic carbocycles. The Morgan fingerprint density at radius 2 is 2.08 bits per heavy atom. The first-order valence-corrected chi connectivity index (χ1v) is 4.89. The summed E-state index contributed by atoms with van der Waals surface area (Å²) in [6, 6.07) is 8.13. The number of rotatable bonds is 5. The van der Waals surface area contributed by atoms with Gasteiger partial charge in [-0.1, -0.05) is 38.5 Å². The summed E-state index contributed by atoms with van der Waals surface area (Å²) < 4.78 is 5.64. The first-order chi connectivity index (χ1) is 6.38. The number of benzene rings is 1. The molecule has 0 unspecified atom stereocenters. The van der Waals surface area contributed by atoms with Crippen molar-refractivity contribution in [2.45, 2.75) is 26.7 Å². The van der Waals surface area contributed by atoms with Crippen LogP contribution in [0.5, 0.6) is 5.75 Å². The van der Waals surface area contributed by atoms with Gasteiger partial charge in [0.05, 0.1) is 6.61 Å². The van der Waals surface area contributed by atoms with E-state index in [-0.39, 0.29) is 0 Å². The number of para-hydroxylation sites is 1. The van der Waals surface area contributed by atoms with Gasteiger partial charge < -0.3 is 4.74 Å². The highest BCUT2D eigenvalue weighted by atomic mass is 16.5. The maximum Gasteiger partial charge on any atom is 0.122 e. The van der Waals surface area contributed by atoms with Crippen LogP contribution in [0.25, 0.3) is 0 Å². The van der Waals surface area contributed by atoms with Crippen molar-refractivity contribution in [3.63, 3.8) is 0 Å². The van der Waals surface area contributed by atoms with Crippen LogP contribution >= 0.6 is 0 Å². The number of ether oxygens (including phenoxy) is 1. The van der Waals surface area contributed by atoms with Crippen LogP contribution in [-0.4, -0.2) is 6.61 Å². The fourth-order valence-electron chi connectivity index (χ4n) is 1.18. The Bertz CT molecular complexity index is 243. The molecule has 0 aliphatic heterocycles. The van der Waals surface area contributed by atoms with Gasteiger partial charge in [-0.05, 0) is 24.5 Å². The fraction of sp³-hybridized carbons (Fsp3) is 0.417. The molecule has 0 saturated carbocycles. The van der Waals surface area contributed by atoms with Crippen LogP contribution in [0.2, 0.25) is 0 Å². The molecule has 0 aliphatic rings. The summed E-state index contributed by atoms with van der Waals surface area (Å²) in [5.41, 5.74) is 1.18. The van der Waals surface area contributed by atoms with Crippen molar-refractivity contribution in [1.82, 2.24) is 0 Å². The van der Waals surface area contributed by atoms with E-state index in [1.807, 2.05) is 25.1 Å². The highest BCUT2D eigenvalue weighted by Crippen LogP contribution is 2.19. The summed E-state index contributed by atoms with van der Waals surface area (Å²) in [5.74, 6) is 0.999. The molecule has 0 N–H and O–H groups in total. The Kier molecular flexibility index (Phi) is 4.37. The van der Waals surface area contributed by atoms with E-state index >= 15 is 0 Å². The van der Waals surface area contributed by atoms with E-state index in [4.69, 9.17) is 4.74 Å². The van der Waals surface area contributed by atoms with Crippen LogP contribution in [-0.2, 0) is 0 Å². The highest BCUT2D eigenvalue weighted by Gasteiger charge is 1.99. The zero-order chi connectivity index (χ0) is 9.52. The number of hydrogen-bond acceptors (Lipinski definition) is 1. The summed E-state index contributed by atoms with van der Waals surface area (Å²) in [5, 5.41) is 0. The van der Waals surface area contributed by atoms with E-state index < -0.39 is 0 Å². The van der Waals surface area contributed by atoms with Crippen molar-refractivity contribution >= 4 is 0 Å². The van der Waals surface area contributed by atoms with Crippen molar-refractivity contribution in [3.05, 3.63) is 36.2 Å². The summed E-state index contributed by atoms with van der Waals surface area (Å²) in [6.07, 6.45) is 4.37. The van der Waals surface area contributed by atoms with Gasteiger partial charge in [-0.3, -0.25) is 0 Å². The van der Waals surface area contributed by atoms with Gasteiger partial charge in [-0.25, -0.2) is 0 Å². The SMILES string of the molecule is C[CH]c1ccccc1OCCCC. The lowest BCUT2D eigenvalue weighted by Gasteiger charge is -2.08. The van der Waals surface area contributed by atoms with E-state index in [1.54, 1.807) is 0 Å². The topological polar surface area (TPSA) is 9.23 Å². The molecule has 1 rings (SSSR count). The molecule has 1 heteroatoms. The standard InChI is InChI=1S/C12H17O/c1-3-5-10-13-12-9-7-6-8-11(12)4-2/h4,6-9H,3,5,10H2,1-2H3. The predicted octanol–water partition coefficient (Wildman–Crippen LogP) is 3.44. The van der Waals surface area contributed by atoms with E-state index in [2.05, 4.69) is 19.4 Å². The third-order valence-corrected chi connectivity index (χ3v) is 1.99. The van der Waals surface area contributed by atoms with Crippen LogP contribution in [0.15, 0.2) is 24.3 Å². The Morgan fingerprint density at radius 1 is 1.31 bits per heavy atom. The fourth-order valence-corrected chi connectivity index (χ4v) is 1.18. The number of hydrogen-bond donors (Lipinski definition) is 0. The molecule has 0 spiro atoms. The summed E-state index contributed by atoms with van der Waals surface area (Å²) >= 11 is 0. The third-order valence-electron chi connectivity index (χ3n) is 1.99. The molecule has 13 heavy (non-hydrogen) atoms. The lowest BCUT2D eigenvalue weighted by atomic mass is 10.1. The van der Waals surface area contributed by atoms with Crippen LogP contribution in [0, 0.1) is 6.42 Å². The number of unbranched alkanes of at least 4 members (excludes halogenated alkanes) is 1. The molecule has 1 aromatic rings. The lowest BCUT2D eigenvalue weighted by molar-refractivity contribution is 0.308. The van der Waals surface area contributed by atoms with Gasteiger partial charge >= 0.3 is 0 Å². The van der Waals surface area contributed by atoms with Crippen molar-refractivity contribution in [1.29, 1.82) is 0 Å². The Hall–Kier alpha value is -0.980. The first kappa shape index (κ1) is 10.1. The second-order valence-electron chi connectivity index (χ2n) is 3.03. The van der Waals surface area contributed by atoms with Crippen molar-refractivity contribution in [3.8, 4) is 5.75 Å². The molecular formula is C12H17O. The van der Waals surface area contributed by atoms with E-state index in [9.17, 15) is 0 Å². The monoisotopic (exact) mass is 177 g/mol. The van der Waals surface area contributed by atoms with Gasteiger partial charge in [0.15, 0.2) is 0 Å². The van der Waals surface area contributed by atoms with Crippen LogP contribution < -0.4 is 4.74 Å². The molecule has 71 valence electrons. The molecule has 0 saturated heterocycles. The molecular weight excluding hydrogens is 160 g/mol. The predicted molar refractivity (Wildman–Crippen MR) is 55.9 cm³/mol. The molecule has 0 aromatic heterocycles. The minimum Gasteiger partial charge on any atom is -0.493 e. The van der Waals surface area contributed by atoms with Crippen molar-refractivity contribution < 1.29 is 4.74 Å². The van der Waals surface area contributed by atoms with Crippen LogP contribution in [0.3, 0.4) is 0 Å². The molecule has 0 heterocycles. The minimum atomic E-state index is 0.821. The van der Waals surface area contributed by atoms with Crippen molar-refractivity contribution in [2.75, 3.05) is 6.61 Å². The molecule has 0 aliphatic carbocycles. The smallest absolute Gasteiger partial charge is 0.122 e. The normalized spacial score (nSPS) is 10.0. The Balaban J connectivity index is 2.54. The van der Waals surface area contributed by atoms with E-state index in [1.165, 1.54) is 12.0 Å². The van der Waals surface area contributed by atoms with Gasteiger partial charge in [0.25, 0.3) is 0 Å². The Morgan fingerprint density at radius 3 is 2.77 bits per heavy atom. The summed E-state index contributed by atoms with van der Waals surface area (Å²) in [6.45, 7) is 5.02. The average Bonchev–Trinajstić information content (AvgIpc) is 2.19. The molecule has 1 nitrogen and oxygen atoms in total. The van der Waals surface area contributed by atoms with Crippen molar-refractivity contribution in [2.24, 2.45) is 0 Å². The van der Waals surface area contributed by atoms with Crippen LogP contribution in [0.1, 0.15) is 32.3 Å². The van der Waals surface area contributed by atoms with Gasteiger partial charge in [0.2, 0.25) is 0 Å². The second kappa shape index (κ2) is 5.63. The Labute approximate surface area is 80.7 Å². The maximum atomic E-state index is 5.64. The molecule has 0 amide bonds. The lowest BCUT2D eigenvalue weighted by Crippen LogP contribution is -1.98. The van der Waals surface area contributed by atoms with Gasteiger partial charge in [-0.15, -0.1) is 0 Å². The largest absolute Gasteiger partial charge is 0.493 e. The highest BCUT2D eigenvalue weighted by molar-refractivity contribution is 5.37. The quantitative estimate of drug-likeness (QED) is 0.626. The molecule has 0 bridgehead atoms. The first-order valence-electron chi connectivity index (χ1n) is 4.89. The van der Waals surface area contributed by atoms with E-state index in [0.29, 0.717) is 0 Å². The van der Waals surface area contributed by atoms with E-state index in [0.717, 1.165) is 18.8 Å². The zero-order valence-corrected chi connectivity index (χ0v) is 8.42. The second-order valence-corrected chi connectivity index (χ2v) is 3.03. The minimum absolute atomic E-state index is 0.821. The van der Waals surface area contributed by atoms with Gasteiger partial charge in [0.1, 0.15) is 5.75 Å². The van der Waals surface area contributed by atoms with Gasteiger partial charge in [0, 0.05) is 0 Å². The summed E-state index contributed by atoms with van der Waals surface area (Å²) in [4.78, 5) is 0. The third kappa shape index (κ3) is 3.10. The molecule has 1 radical (unpaired) electrons. The van der Waals surface area contributed by atoms with Gasteiger partial charge in [-0.2, -0.15) is 0 Å². The molecule has 0 fully saturated rings. The van der Waals surface area contributed by atoms with Crippen LogP contribution in [0.4, 0.5) is 0 Å².